The number of carbonyl (C=O) groups excluding carboxylic acids is 1. The molecule has 9 heteroatoms. The predicted octanol–water partition coefficient (Wildman–Crippen LogP) is 2.09. The highest BCUT2D eigenvalue weighted by Gasteiger charge is 2.59. The topological polar surface area (TPSA) is 128 Å². The van der Waals surface area contributed by atoms with Crippen LogP contribution in [0.5, 0.6) is 0 Å². The van der Waals surface area contributed by atoms with Gasteiger partial charge in [0.15, 0.2) is 0 Å². The van der Waals surface area contributed by atoms with E-state index < -0.39 is 11.7 Å². The second-order valence-corrected chi connectivity index (χ2v) is 10.8. The van der Waals surface area contributed by atoms with Crippen molar-refractivity contribution < 1.29 is 19.8 Å². The highest BCUT2D eigenvalue weighted by atomic mass is 16.4. The minimum absolute atomic E-state index is 0.0746. The molecule has 1 aromatic rings. The van der Waals surface area contributed by atoms with Crippen molar-refractivity contribution in [3.63, 3.8) is 0 Å². The van der Waals surface area contributed by atoms with Crippen LogP contribution in [0.25, 0.3) is 0 Å². The van der Waals surface area contributed by atoms with Crippen LogP contribution >= 0.6 is 0 Å². The van der Waals surface area contributed by atoms with Gasteiger partial charge in [-0.05, 0) is 75.0 Å². The molecule has 0 radical (unpaired) electrons. The van der Waals surface area contributed by atoms with Gasteiger partial charge in [0.05, 0.1) is 23.2 Å². The molecule has 6 fully saturated rings. The zero-order valence-corrected chi connectivity index (χ0v) is 18.1. The first kappa shape index (κ1) is 20.2. The minimum atomic E-state index is -0.875. The molecular formula is C23H31N5O4. The lowest BCUT2D eigenvalue weighted by Gasteiger charge is -2.60. The lowest BCUT2D eigenvalue weighted by Crippen LogP contribution is -2.61. The fourth-order valence-electron chi connectivity index (χ4n) is 7.43. The Labute approximate surface area is 187 Å². The molecule has 172 valence electrons. The van der Waals surface area contributed by atoms with Crippen LogP contribution in [0.3, 0.4) is 0 Å². The molecule has 0 spiro atoms. The zero-order chi connectivity index (χ0) is 22.0. The van der Waals surface area contributed by atoms with E-state index in [9.17, 15) is 19.8 Å². The van der Waals surface area contributed by atoms with Gasteiger partial charge in [0, 0.05) is 25.0 Å². The zero-order valence-electron chi connectivity index (χ0n) is 18.1. The lowest BCUT2D eigenvalue weighted by atomic mass is 9.48. The summed E-state index contributed by atoms with van der Waals surface area (Å²) < 4.78 is 0. The molecule has 7 rings (SSSR count). The first-order valence-corrected chi connectivity index (χ1v) is 12.0. The maximum Gasteiger partial charge on any atom is 0.407 e. The standard InChI is InChI=1S/C23H31N5O4/c29-20(26-16-1-2-16)15-10-24-21(25-11-15)27-17-3-4-28(22(30)31)19(17)18-13-5-12-6-14(18)9-23(32,7-12)8-13/h10-14,16-19,32H,1-9H2,(H,26,29)(H,30,31)(H,24,25,27)/t12?,13-,14?,17?,18?,19-,23-/m0/s1. The van der Waals surface area contributed by atoms with Crippen LogP contribution in [0.1, 0.15) is 61.7 Å². The Balaban J connectivity index is 1.21. The number of anilines is 1. The van der Waals surface area contributed by atoms with Gasteiger partial charge in [-0.1, -0.05) is 0 Å². The van der Waals surface area contributed by atoms with Gasteiger partial charge in [0.2, 0.25) is 5.95 Å². The van der Waals surface area contributed by atoms with Gasteiger partial charge in [-0.2, -0.15) is 0 Å². The monoisotopic (exact) mass is 441 g/mol. The normalized spacial score (nSPS) is 39.8. The molecule has 0 aromatic carbocycles. The van der Waals surface area contributed by atoms with E-state index in [1.54, 1.807) is 4.90 Å². The molecule has 2 amide bonds. The number of likely N-dealkylation sites (tertiary alicyclic amines) is 1. The molecule has 2 heterocycles. The van der Waals surface area contributed by atoms with Crippen LogP contribution in [0.2, 0.25) is 0 Å². The van der Waals surface area contributed by atoms with E-state index in [2.05, 4.69) is 20.6 Å². The Hall–Kier alpha value is -2.42. The van der Waals surface area contributed by atoms with Crippen molar-refractivity contribution >= 4 is 17.9 Å². The number of hydrogen-bond donors (Lipinski definition) is 4. The van der Waals surface area contributed by atoms with Crippen molar-refractivity contribution in [1.82, 2.24) is 20.2 Å². The molecule has 9 nitrogen and oxygen atoms in total. The van der Waals surface area contributed by atoms with E-state index >= 15 is 0 Å². The van der Waals surface area contributed by atoms with E-state index in [1.165, 1.54) is 12.4 Å². The molecule has 32 heavy (non-hydrogen) atoms. The molecule has 1 aliphatic heterocycles. The second kappa shape index (κ2) is 7.30. The smallest absolute Gasteiger partial charge is 0.407 e. The average Bonchev–Trinajstić information content (AvgIpc) is 3.45. The van der Waals surface area contributed by atoms with Crippen molar-refractivity contribution in [3.8, 4) is 0 Å². The predicted molar refractivity (Wildman–Crippen MR) is 115 cm³/mol. The SMILES string of the molecule is O=C(NC1CC1)c1cnc(NC2CCN(C(=O)O)[C@@H]2C2C3CC4C[C@H]2C[C@@](O)(C4)C3)nc1. The van der Waals surface area contributed by atoms with Crippen molar-refractivity contribution in [2.75, 3.05) is 11.9 Å². The van der Waals surface area contributed by atoms with Gasteiger partial charge >= 0.3 is 6.09 Å². The molecule has 4 N–H and O–H groups in total. The van der Waals surface area contributed by atoms with Crippen LogP contribution in [-0.2, 0) is 0 Å². The molecule has 1 saturated heterocycles. The number of aromatic nitrogens is 2. The van der Waals surface area contributed by atoms with Crippen molar-refractivity contribution in [1.29, 1.82) is 0 Å². The van der Waals surface area contributed by atoms with Gasteiger partial charge in [-0.3, -0.25) is 4.79 Å². The first-order valence-electron chi connectivity index (χ1n) is 12.0. The molecule has 4 unspecified atom stereocenters. The quantitative estimate of drug-likeness (QED) is 0.551. The highest BCUT2D eigenvalue weighted by Crippen LogP contribution is 2.60. The third-order valence-electron chi connectivity index (χ3n) is 8.55. The van der Waals surface area contributed by atoms with Crippen LogP contribution in [0.15, 0.2) is 12.4 Å². The van der Waals surface area contributed by atoms with Crippen molar-refractivity contribution in [2.45, 2.75) is 75.1 Å². The van der Waals surface area contributed by atoms with E-state index in [4.69, 9.17) is 0 Å². The van der Waals surface area contributed by atoms with Gasteiger partial charge in [-0.15, -0.1) is 0 Å². The van der Waals surface area contributed by atoms with Crippen LogP contribution in [0, 0.1) is 23.7 Å². The maximum absolute atomic E-state index is 12.2. The third kappa shape index (κ3) is 3.50. The fraction of sp³-hybridized carbons (Fsp3) is 0.739. The Morgan fingerprint density at radius 1 is 1.06 bits per heavy atom. The number of hydrogen-bond acceptors (Lipinski definition) is 6. The largest absolute Gasteiger partial charge is 0.465 e. The number of carboxylic acid groups (broad SMARTS) is 1. The molecule has 1 aromatic heterocycles. The van der Waals surface area contributed by atoms with Crippen molar-refractivity contribution in [3.05, 3.63) is 18.0 Å². The molecule has 4 bridgehead atoms. The van der Waals surface area contributed by atoms with E-state index in [-0.39, 0.29) is 30.0 Å². The second-order valence-electron chi connectivity index (χ2n) is 10.8. The summed E-state index contributed by atoms with van der Waals surface area (Å²) in [5.41, 5.74) is -0.102. The summed E-state index contributed by atoms with van der Waals surface area (Å²) in [5, 5.41) is 27.2. The maximum atomic E-state index is 12.2. The van der Waals surface area contributed by atoms with Gasteiger partial charge in [0.25, 0.3) is 5.91 Å². The highest BCUT2D eigenvalue weighted by molar-refractivity contribution is 5.94. The number of amides is 2. The number of nitrogens with one attached hydrogen (secondary N) is 2. The molecule has 5 saturated carbocycles. The van der Waals surface area contributed by atoms with E-state index in [0.29, 0.717) is 42.2 Å². The summed E-state index contributed by atoms with van der Waals surface area (Å²) in [7, 11) is 0. The van der Waals surface area contributed by atoms with Gasteiger partial charge < -0.3 is 25.7 Å². The Kier molecular flexibility index (Phi) is 4.61. The lowest BCUT2D eigenvalue weighted by molar-refractivity contribution is -0.162. The summed E-state index contributed by atoms with van der Waals surface area (Å²) in [6.45, 7) is 0.489. The molecular weight excluding hydrogens is 410 g/mol. The summed E-state index contributed by atoms with van der Waals surface area (Å²) in [6.07, 6.45) is 9.64. The Morgan fingerprint density at radius 3 is 2.34 bits per heavy atom. The Bertz CT molecular complexity index is 903. The van der Waals surface area contributed by atoms with Crippen LogP contribution < -0.4 is 10.6 Å². The summed E-state index contributed by atoms with van der Waals surface area (Å²) >= 11 is 0. The van der Waals surface area contributed by atoms with Gasteiger partial charge in [0.1, 0.15) is 0 Å². The number of aliphatic hydroxyl groups is 1. The van der Waals surface area contributed by atoms with Crippen LogP contribution in [-0.4, -0.2) is 67.4 Å². The Morgan fingerprint density at radius 2 is 1.75 bits per heavy atom. The summed E-state index contributed by atoms with van der Waals surface area (Å²) in [4.78, 5) is 34.6. The molecule has 5 aliphatic carbocycles. The van der Waals surface area contributed by atoms with Crippen molar-refractivity contribution in [2.24, 2.45) is 23.7 Å². The molecule has 6 aliphatic rings. The third-order valence-corrected chi connectivity index (χ3v) is 8.55. The minimum Gasteiger partial charge on any atom is -0.465 e. The summed E-state index contributed by atoms with van der Waals surface area (Å²) in [6, 6.07) is 0.0579. The fourth-order valence-corrected chi connectivity index (χ4v) is 7.43. The van der Waals surface area contributed by atoms with Crippen LogP contribution in [0.4, 0.5) is 10.7 Å². The number of carbonyl (C=O) groups is 2. The van der Waals surface area contributed by atoms with E-state index in [1.807, 2.05) is 0 Å². The van der Waals surface area contributed by atoms with Gasteiger partial charge in [-0.25, -0.2) is 14.8 Å². The summed E-state index contributed by atoms with van der Waals surface area (Å²) in [5.74, 6) is 1.85. The van der Waals surface area contributed by atoms with E-state index in [0.717, 1.165) is 44.9 Å². The first-order chi connectivity index (χ1) is 15.4. The number of nitrogens with zero attached hydrogens (tertiary/aromatic N) is 3. The molecule has 7 atom stereocenters. The number of rotatable bonds is 5. The average molecular weight is 442 g/mol.